The third-order valence-corrected chi connectivity index (χ3v) is 3.69. The Hall–Kier alpha value is -1.72. The number of aryl methyl sites for hydroxylation is 2. The zero-order valence-corrected chi connectivity index (χ0v) is 13.3. The maximum atomic E-state index is 6.24. The van der Waals surface area contributed by atoms with Gasteiger partial charge in [0.1, 0.15) is 6.61 Å². The molecule has 0 spiro atoms. The fourth-order valence-electron chi connectivity index (χ4n) is 2.13. The van der Waals surface area contributed by atoms with Gasteiger partial charge < -0.3 is 15.2 Å². The molecule has 1 aromatic carbocycles. The molecule has 2 rings (SSSR count). The summed E-state index contributed by atoms with van der Waals surface area (Å²) in [6.45, 7) is 5.06. The average molecular weight is 310 g/mol. The number of ether oxygens (including phenoxy) is 2. The minimum Gasteiger partial charge on any atom is -0.490 e. The number of nitrogens with zero attached hydrogens (tertiary/aromatic N) is 2. The lowest BCUT2D eigenvalue weighted by molar-refractivity contribution is 0.260. The van der Waals surface area contributed by atoms with Crippen LogP contribution in [0.2, 0.25) is 5.02 Å². The molecule has 0 saturated heterocycles. The highest BCUT2D eigenvalue weighted by Gasteiger charge is 2.15. The van der Waals surface area contributed by atoms with E-state index in [2.05, 4.69) is 5.10 Å². The molecular formula is C15H20ClN3O2. The lowest BCUT2D eigenvalue weighted by Crippen LogP contribution is -2.08. The van der Waals surface area contributed by atoms with Crippen LogP contribution in [-0.4, -0.2) is 16.4 Å². The molecule has 0 aliphatic carbocycles. The number of nitrogens with two attached hydrogens (primary N) is 1. The van der Waals surface area contributed by atoms with Gasteiger partial charge in [0.15, 0.2) is 11.5 Å². The highest BCUT2D eigenvalue weighted by molar-refractivity contribution is 6.31. The summed E-state index contributed by atoms with van der Waals surface area (Å²) < 4.78 is 13.2. The molecule has 21 heavy (non-hydrogen) atoms. The summed E-state index contributed by atoms with van der Waals surface area (Å²) in [5.74, 6) is 1.35. The van der Waals surface area contributed by atoms with Crippen molar-refractivity contribution in [2.24, 2.45) is 12.8 Å². The number of benzene rings is 1. The van der Waals surface area contributed by atoms with Crippen LogP contribution >= 0.6 is 11.6 Å². The van der Waals surface area contributed by atoms with Crippen LogP contribution in [0.3, 0.4) is 0 Å². The topological polar surface area (TPSA) is 62.3 Å². The molecule has 0 bridgehead atoms. The van der Waals surface area contributed by atoms with E-state index in [0.29, 0.717) is 36.3 Å². The van der Waals surface area contributed by atoms with Crippen LogP contribution < -0.4 is 15.2 Å². The molecule has 0 aliphatic heterocycles. The highest BCUT2D eigenvalue weighted by Crippen LogP contribution is 2.32. The van der Waals surface area contributed by atoms with Crippen molar-refractivity contribution in [3.63, 3.8) is 0 Å². The van der Waals surface area contributed by atoms with Crippen LogP contribution in [0.15, 0.2) is 18.2 Å². The molecule has 2 N–H and O–H groups in total. The molecular weight excluding hydrogens is 290 g/mol. The number of hydrogen-bond acceptors (Lipinski definition) is 4. The lowest BCUT2D eigenvalue weighted by atomic mass is 10.2. The number of halogens is 1. The van der Waals surface area contributed by atoms with Crippen molar-refractivity contribution in [1.29, 1.82) is 0 Å². The third-order valence-electron chi connectivity index (χ3n) is 3.20. The molecule has 0 saturated carbocycles. The van der Waals surface area contributed by atoms with Crippen molar-refractivity contribution in [2.45, 2.75) is 27.0 Å². The summed E-state index contributed by atoms with van der Waals surface area (Å²) in [6, 6.07) is 5.70. The molecule has 0 radical (unpaired) electrons. The number of para-hydroxylation sites is 1. The maximum absolute atomic E-state index is 6.24. The van der Waals surface area contributed by atoms with Crippen molar-refractivity contribution in [1.82, 2.24) is 9.78 Å². The number of hydrogen-bond donors (Lipinski definition) is 1. The molecule has 0 amide bonds. The van der Waals surface area contributed by atoms with Gasteiger partial charge in [-0.1, -0.05) is 23.7 Å². The fourth-order valence-corrected chi connectivity index (χ4v) is 2.35. The number of aromatic nitrogens is 2. The summed E-state index contributed by atoms with van der Waals surface area (Å²) in [5, 5.41) is 4.90. The van der Waals surface area contributed by atoms with Gasteiger partial charge in [-0.25, -0.2) is 0 Å². The second kappa shape index (κ2) is 6.83. The average Bonchev–Trinajstić information content (AvgIpc) is 2.71. The van der Waals surface area contributed by atoms with Gasteiger partial charge in [0.05, 0.1) is 23.0 Å². The van der Waals surface area contributed by atoms with Crippen LogP contribution in [0.5, 0.6) is 11.5 Å². The first-order valence-electron chi connectivity index (χ1n) is 6.84. The lowest BCUT2D eigenvalue weighted by Gasteiger charge is -2.15. The minimum atomic E-state index is 0.313. The Labute approximate surface area is 129 Å². The first-order valence-corrected chi connectivity index (χ1v) is 7.21. The molecule has 2 aromatic rings. The van der Waals surface area contributed by atoms with E-state index in [1.54, 1.807) is 4.68 Å². The van der Waals surface area contributed by atoms with Crippen molar-refractivity contribution >= 4 is 11.6 Å². The van der Waals surface area contributed by atoms with Gasteiger partial charge in [-0.05, 0) is 19.9 Å². The van der Waals surface area contributed by atoms with Gasteiger partial charge in [-0.15, -0.1) is 0 Å². The Morgan fingerprint density at radius 1 is 1.33 bits per heavy atom. The summed E-state index contributed by atoms with van der Waals surface area (Å²) in [4.78, 5) is 0. The van der Waals surface area contributed by atoms with Crippen molar-refractivity contribution in [3.8, 4) is 11.5 Å². The first kappa shape index (κ1) is 15.7. The summed E-state index contributed by atoms with van der Waals surface area (Å²) >= 11 is 6.24. The van der Waals surface area contributed by atoms with Crippen LogP contribution in [0.25, 0.3) is 0 Å². The molecule has 6 heteroatoms. The van der Waals surface area contributed by atoms with E-state index in [-0.39, 0.29) is 0 Å². The van der Waals surface area contributed by atoms with E-state index >= 15 is 0 Å². The molecule has 0 unspecified atom stereocenters. The Balaban J connectivity index is 2.26. The smallest absolute Gasteiger partial charge is 0.166 e. The predicted molar refractivity (Wildman–Crippen MR) is 82.8 cm³/mol. The van der Waals surface area contributed by atoms with E-state index in [9.17, 15) is 0 Å². The van der Waals surface area contributed by atoms with E-state index in [4.69, 9.17) is 26.8 Å². The Bertz CT molecular complexity index is 626. The Morgan fingerprint density at radius 2 is 2.10 bits per heavy atom. The molecule has 1 heterocycles. The molecule has 0 fully saturated rings. The largest absolute Gasteiger partial charge is 0.490 e. The zero-order valence-electron chi connectivity index (χ0n) is 12.5. The van der Waals surface area contributed by atoms with Crippen molar-refractivity contribution in [3.05, 3.63) is 40.2 Å². The molecule has 0 atom stereocenters. The van der Waals surface area contributed by atoms with E-state index < -0.39 is 0 Å². The number of rotatable bonds is 6. The fraction of sp³-hybridized carbons (Fsp3) is 0.400. The summed E-state index contributed by atoms with van der Waals surface area (Å²) in [6.07, 6.45) is 0. The van der Waals surface area contributed by atoms with Crippen LogP contribution in [-0.2, 0) is 20.2 Å². The Kier molecular flexibility index (Phi) is 5.09. The quantitative estimate of drug-likeness (QED) is 0.891. The zero-order chi connectivity index (χ0) is 15.4. The second-order valence-corrected chi connectivity index (χ2v) is 5.02. The monoisotopic (exact) mass is 309 g/mol. The maximum Gasteiger partial charge on any atom is 0.166 e. The molecule has 5 nitrogen and oxygen atoms in total. The van der Waals surface area contributed by atoms with Gasteiger partial charge in [0.25, 0.3) is 0 Å². The minimum absolute atomic E-state index is 0.313. The van der Waals surface area contributed by atoms with Gasteiger partial charge in [0.2, 0.25) is 0 Å². The van der Waals surface area contributed by atoms with Gasteiger partial charge in [-0.3, -0.25) is 4.68 Å². The van der Waals surface area contributed by atoms with Crippen molar-refractivity contribution < 1.29 is 9.47 Å². The van der Waals surface area contributed by atoms with Gasteiger partial charge >= 0.3 is 0 Å². The standard InChI is InChI=1S/C15H20ClN3O2/c1-4-20-13-7-5-6-11(8-17)15(13)21-9-12-14(16)10(2)18-19(12)3/h5-7H,4,8-9,17H2,1-3H3. The normalized spacial score (nSPS) is 10.7. The van der Waals surface area contributed by atoms with Crippen LogP contribution in [0, 0.1) is 6.92 Å². The third kappa shape index (κ3) is 3.31. The Morgan fingerprint density at radius 3 is 2.67 bits per heavy atom. The van der Waals surface area contributed by atoms with Crippen LogP contribution in [0.1, 0.15) is 23.9 Å². The van der Waals surface area contributed by atoms with Gasteiger partial charge in [0, 0.05) is 19.2 Å². The second-order valence-electron chi connectivity index (χ2n) is 4.64. The van der Waals surface area contributed by atoms with E-state index in [1.165, 1.54) is 0 Å². The highest BCUT2D eigenvalue weighted by atomic mass is 35.5. The van der Waals surface area contributed by atoms with Crippen LogP contribution in [0.4, 0.5) is 0 Å². The molecule has 1 aromatic heterocycles. The van der Waals surface area contributed by atoms with Gasteiger partial charge in [-0.2, -0.15) is 5.10 Å². The summed E-state index contributed by atoms with van der Waals surface area (Å²) in [5.41, 5.74) is 8.28. The van der Waals surface area contributed by atoms with Crippen molar-refractivity contribution in [2.75, 3.05) is 6.61 Å². The SMILES string of the molecule is CCOc1cccc(CN)c1OCc1c(Cl)c(C)nn1C. The van der Waals surface area contributed by atoms with E-state index in [0.717, 1.165) is 17.0 Å². The molecule has 114 valence electrons. The molecule has 0 aliphatic rings. The predicted octanol–water partition coefficient (Wildman–Crippen LogP) is 2.82. The van der Waals surface area contributed by atoms with E-state index in [1.807, 2.05) is 39.1 Å². The summed E-state index contributed by atoms with van der Waals surface area (Å²) in [7, 11) is 1.84. The first-order chi connectivity index (χ1) is 10.1.